The summed E-state index contributed by atoms with van der Waals surface area (Å²) in [6.45, 7) is 13.5. The largest absolute Gasteiger partial charge is 0.497 e. The highest BCUT2D eigenvalue weighted by molar-refractivity contribution is 5.79. The van der Waals surface area contributed by atoms with E-state index in [0.29, 0.717) is 6.54 Å². The Balaban J connectivity index is 2.10. The van der Waals surface area contributed by atoms with Gasteiger partial charge in [-0.2, -0.15) is 0 Å². The first-order valence-electron chi connectivity index (χ1n) is 10.9. The third kappa shape index (κ3) is 6.73. The average molecular weight is 416 g/mol. The molecule has 1 unspecified atom stereocenters. The van der Waals surface area contributed by atoms with Crippen LogP contribution in [0.25, 0.3) is 0 Å². The van der Waals surface area contributed by atoms with Gasteiger partial charge < -0.3 is 19.9 Å². The first-order valence-corrected chi connectivity index (χ1v) is 10.9. The molecule has 2 aromatic rings. The lowest BCUT2D eigenvalue weighted by Gasteiger charge is -2.29. The van der Waals surface area contributed by atoms with E-state index < -0.39 is 0 Å². The van der Waals surface area contributed by atoms with E-state index in [4.69, 9.17) is 9.73 Å². The van der Waals surface area contributed by atoms with Crippen molar-refractivity contribution >= 4 is 5.96 Å². The Kier molecular flexibility index (Phi) is 10.1. The van der Waals surface area contributed by atoms with Crippen molar-refractivity contribution in [2.24, 2.45) is 4.99 Å². The lowest BCUT2D eigenvalue weighted by Crippen LogP contribution is -2.40. The van der Waals surface area contributed by atoms with E-state index in [1.54, 1.807) is 13.4 Å². The fourth-order valence-electron chi connectivity index (χ4n) is 3.50. The molecule has 0 aliphatic rings. The van der Waals surface area contributed by atoms with E-state index >= 15 is 0 Å². The zero-order chi connectivity index (χ0) is 21.8. The van der Waals surface area contributed by atoms with Crippen molar-refractivity contribution in [3.05, 3.63) is 42.0 Å². The molecule has 0 saturated carbocycles. The number of benzene rings is 1. The van der Waals surface area contributed by atoms with Gasteiger partial charge in [-0.3, -0.25) is 9.89 Å². The van der Waals surface area contributed by atoms with Crippen LogP contribution in [0.5, 0.6) is 5.75 Å². The smallest absolute Gasteiger partial charge is 0.191 e. The molecule has 0 amide bonds. The first-order chi connectivity index (χ1) is 14.7. The van der Waals surface area contributed by atoms with E-state index in [0.717, 1.165) is 56.7 Å². The second kappa shape index (κ2) is 12.8. The number of likely N-dealkylation sites (N-methyl/N-ethyl adjacent to an activating group) is 1. The number of aryl methyl sites for hydroxylation is 1. The number of methoxy groups -OCH3 is 1. The quantitative estimate of drug-likeness (QED) is 0.410. The van der Waals surface area contributed by atoms with Gasteiger partial charge in [-0.05, 0) is 37.7 Å². The molecule has 1 aromatic carbocycles. The van der Waals surface area contributed by atoms with Gasteiger partial charge in [0.1, 0.15) is 17.9 Å². The maximum absolute atomic E-state index is 5.43. The van der Waals surface area contributed by atoms with Crippen molar-refractivity contribution in [1.82, 2.24) is 30.3 Å². The molecule has 166 valence electrons. The van der Waals surface area contributed by atoms with Gasteiger partial charge in [0.15, 0.2) is 5.96 Å². The van der Waals surface area contributed by atoms with Crippen LogP contribution in [-0.2, 0) is 13.0 Å². The highest BCUT2D eigenvalue weighted by atomic mass is 16.5. The van der Waals surface area contributed by atoms with E-state index in [1.165, 1.54) is 5.56 Å². The van der Waals surface area contributed by atoms with Crippen LogP contribution < -0.4 is 15.4 Å². The van der Waals surface area contributed by atoms with Crippen LogP contribution in [0, 0.1) is 0 Å². The molecule has 8 nitrogen and oxygen atoms in total. The minimum Gasteiger partial charge on any atom is -0.497 e. The van der Waals surface area contributed by atoms with Crippen molar-refractivity contribution in [2.45, 2.75) is 46.7 Å². The zero-order valence-electron chi connectivity index (χ0n) is 19.1. The van der Waals surface area contributed by atoms with Crippen molar-refractivity contribution in [1.29, 1.82) is 0 Å². The lowest BCUT2D eigenvalue weighted by molar-refractivity contribution is 0.224. The summed E-state index contributed by atoms with van der Waals surface area (Å²) in [6.07, 6.45) is 2.66. The third-order valence-electron chi connectivity index (χ3n) is 5.16. The summed E-state index contributed by atoms with van der Waals surface area (Å²) in [5.74, 6) is 2.70. The zero-order valence-corrected chi connectivity index (χ0v) is 19.1. The standard InChI is InChI=1S/C22H37N7O/c1-6-21-27-26-17-29(21)14-13-24-22(23-7-2)25-16-20(28(8-3)9-4)18-11-10-12-19(15-18)30-5/h10-12,15,17,20H,6-9,13-14,16H2,1-5H3,(H2,23,24,25). The lowest BCUT2D eigenvalue weighted by atomic mass is 10.0. The molecule has 1 atom stereocenters. The fraction of sp³-hybridized carbons (Fsp3) is 0.591. The van der Waals surface area contributed by atoms with Gasteiger partial charge >= 0.3 is 0 Å². The molecule has 1 aromatic heterocycles. The van der Waals surface area contributed by atoms with Crippen LogP contribution in [0.3, 0.4) is 0 Å². The number of guanidine groups is 1. The maximum Gasteiger partial charge on any atom is 0.191 e. The Morgan fingerprint density at radius 1 is 1.20 bits per heavy atom. The summed E-state index contributed by atoms with van der Waals surface area (Å²) < 4.78 is 7.51. The molecule has 0 saturated heterocycles. The van der Waals surface area contributed by atoms with Gasteiger partial charge in [0.05, 0.1) is 19.7 Å². The van der Waals surface area contributed by atoms with Crippen LogP contribution in [0.1, 0.15) is 45.1 Å². The van der Waals surface area contributed by atoms with Crippen LogP contribution in [0.2, 0.25) is 0 Å². The molecule has 1 heterocycles. The van der Waals surface area contributed by atoms with Crippen molar-refractivity contribution in [3.8, 4) is 5.75 Å². The normalized spacial score (nSPS) is 12.8. The number of ether oxygens (including phenoxy) is 1. The number of hydrogen-bond acceptors (Lipinski definition) is 5. The van der Waals surface area contributed by atoms with Gasteiger partial charge in [0.2, 0.25) is 0 Å². The minimum absolute atomic E-state index is 0.190. The Hall–Kier alpha value is -2.61. The van der Waals surface area contributed by atoms with E-state index in [-0.39, 0.29) is 6.04 Å². The number of aromatic nitrogens is 3. The molecule has 0 bridgehead atoms. The molecule has 0 radical (unpaired) electrons. The topological polar surface area (TPSA) is 79.6 Å². The summed E-state index contributed by atoms with van der Waals surface area (Å²) in [7, 11) is 1.70. The number of nitrogens with one attached hydrogen (secondary N) is 2. The highest BCUT2D eigenvalue weighted by Crippen LogP contribution is 2.24. The third-order valence-corrected chi connectivity index (χ3v) is 5.16. The van der Waals surface area contributed by atoms with Crippen molar-refractivity contribution < 1.29 is 4.74 Å². The van der Waals surface area contributed by atoms with Crippen LogP contribution in [0.15, 0.2) is 35.6 Å². The van der Waals surface area contributed by atoms with Crippen molar-refractivity contribution in [3.63, 3.8) is 0 Å². The van der Waals surface area contributed by atoms with Gasteiger partial charge in [-0.25, -0.2) is 0 Å². The van der Waals surface area contributed by atoms with Gasteiger partial charge in [0.25, 0.3) is 0 Å². The maximum atomic E-state index is 5.43. The Bertz CT molecular complexity index is 770. The summed E-state index contributed by atoms with van der Waals surface area (Å²) in [5.41, 5.74) is 1.22. The molecule has 2 N–H and O–H groups in total. The molecular formula is C22H37N7O. The second-order valence-electron chi connectivity index (χ2n) is 6.95. The second-order valence-corrected chi connectivity index (χ2v) is 6.95. The van der Waals surface area contributed by atoms with Gasteiger partial charge in [-0.15, -0.1) is 10.2 Å². The van der Waals surface area contributed by atoms with E-state index in [2.05, 4.69) is 70.1 Å². The Morgan fingerprint density at radius 3 is 2.67 bits per heavy atom. The average Bonchev–Trinajstić information content (AvgIpc) is 3.24. The monoisotopic (exact) mass is 415 g/mol. The molecule has 30 heavy (non-hydrogen) atoms. The summed E-state index contributed by atoms with van der Waals surface area (Å²) in [6, 6.07) is 8.47. The number of rotatable bonds is 12. The van der Waals surface area contributed by atoms with Crippen LogP contribution >= 0.6 is 0 Å². The Morgan fingerprint density at radius 2 is 2.00 bits per heavy atom. The van der Waals surface area contributed by atoms with Crippen LogP contribution in [0.4, 0.5) is 0 Å². The number of nitrogens with zero attached hydrogens (tertiary/aromatic N) is 5. The van der Waals surface area contributed by atoms with Crippen LogP contribution in [-0.4, -0.2) is 65.5 Å². The fourth-order valence-corrected chi connectivity index (χ4v) is 3.50. The number of aliphatic imine (C=N–C) groups is 1. The van der Waals surface area contributed by atoms with Crippen molar-refractivity contribution in [2.75, 3.05) is 39.8 Å². The molecule has 0 fully saturated rings. The molecule has 0 aliphatic heterocycles. The predicted octanol–water partition coefficient (Wildman–Crippen LogP) is 2.49. The van der Waals surface area contributed by atoms with Gasteiger partial charge in [-0.1, -0.05) is 32.9 Å². The molecule has 2 rings (SSSR count). The predicted molar refractivity (Wildman–Crippen MR) is 122 cm³/mol. The highest BCUT2D eigenvalue weighted by Gasteiger charge is 2.18. The number of hydrogen-bond donors (Lipinski definition) is 2. The minimum atomic E-state index is 0.190. The Labute approximate surface area is 180 Å². The summed E-state index contributed by atoms with van der Waals surface area (Å²) >= 11 is 0. The summed E-state index contributed by atoms with van der Waals surface area (Å²) in [5, 5.41) is 14.9. The van der Waals surface area contributed by atoms with Gasteiger partial charge in [0, 0.05) is 26.1 Å². The first kappa shape index (κ1) is 23.7. The summed E-state index contributed by atoms with van der Waals surface area (Å²) in [4.78, 5) is 7.32. The molecule has 0 spiro atoms. The van der Waals surface area contributed by atoms with E-state index in [9.17, 15) is 0 Å². The van der Waals surface area contributed by atoms with E-state index in [1.807, 2.05) is 12.1 Å². The molecule has 0 aliphatic carbocycles. The molecular weight excluding hydrogens is 378 g/mol. The molecule has 8 heteroatoms. The SMILES string of the molecule is CCNC(=NCC(c1cccc(OC)c1)N(CC)CC)NCCn1cnnc1CC.